The number of carbonyl (C=O) groups is 2. The molecule has 0 saturated heterocycles. The normalized spacial score (nSPS) is 11.6. The zero-order valence-corrected chi connectivity index (χ0v) is 23.6. The van der Waals surface area contributed by atoms with Gasteiger partial charge >= 0.3 is 0 Å². The van der Waals surface area contributed by atoms with Crippen LogP contribution in [-0.2, 0) is 16.1 Å². The monoisotopic (exact) mass is 492 g/mol. The summed E-state index contributed by atoms with van der Waals surface area (Å²) in [6.45, 7) is 21.9. The standard InChI is InChI=1S/C11H20N4O.C9H18N4O.C3H4.C2H6/c1-8(2)11(16)10(13-9(3)4)7-15-6-5-12-14-15;1-6(2)9(14)8(5-11-13-10)12-7(3)4;1-3-2;1-2/h5-6,8-10,13H,7H2,1-4H3;6-8,12H,5H2,1-4H3;1H,2H3;1-2H3. The van der Waals surface area contributed by atoms with Crippen molar-refractivity contribution in [2.45, 2.75) is 107 Å². The van der Waals surface area contributed by atoms with E-state index in [4.69, 9.17) is 5.53 Å². The van der Waals surface area contributed by atoms with Gasteiger partial charge in [-0.05, 0) is 12.5 Å². The number of aromatic nitrogens is 3. The van der Waals surface area contributed by atoms with E-state index in [9.17, 15) is 9.59 Å². The van der Waals surface area contributed by atoms with Gasteiger partial charge in [0.05, 0.1) is 24.8 Å². The number of hydrogen-bond donors (Lipinski definition) is 2. The smallest absolute Gasteiger partial charge is 0.154 e. The number of nitrogens with zero attached hydrogens (tertiary/aromatic N) is 6. The lowest BCUT2D eigenvalue weighted by Gasteiger charge is -2.21. The number of terminal acetylenes is 1. The molecule has 1 rings (SSSR count). The van der Waals surface area contributed by atoms with Crippen molar-refractivity contribution >= 4 is 11.6 Å². The molecule has 10 nitrogen and oxygen atoms in total. The van der Waals surface area contributed by atoms with E-state index in [-0.39, 0.29) is 54.1 Å². The molecular weight excluding hydrogens is 444 g/mol. The molecule has 0 amide bonds. The number of azide groups is 1. The zero-order chi connectivity index (χ0) is 28.0. The lowest BCUT2D eigenvalue weighted by atomic mass is 10.0. The zero-order valence-electron chi connectivity index (χ0n) is 23.6. The van der Waals surface area contributed by atoms with E-state index in [1.807, 2.05) is 69.2 Å². The topological polar surface area (TPSA) is 138 Å². The molecule has 0 aliphatic carbocycles. The molecule has 0 aliphatic heterocycles. The summed E-state index contributed by atoms with van der Waals surface area (Å²) in [6, 6.07) is -0.0691. The van der Waals surface area contributed by atoms with Crippen LogP contribution >= 0.6 is 0 Å². The molecular formula is C25H48N8O2. The highest BCUT2D eigenvalue weighted by atomic mass is 16.1. The highest BCUT2D eigenvalue weighted by Gasteiger charge is 2.22. The van der Waals surface area contributed by atoms with Crippen molar-refractivity contribution in [3.63, 3.8) is 0 Å². The van der Waals surface area contributed by atoms with E-state index < -0.39 is 0 Å². The summed E-state index contributed by atoms with van der Waals surface area (Å²) in [6.07, 6.45) is 7.98. The third-order valence-corrected chi connectivity index (χ3v) is 4.06. The maximum atomic E-state index is 12.0. The first-order chi connectivity index (χ1) is 16.4. The van der Waals surface area contributed by atoms with Gasteiger partial charge in [0, 0.05) is 41.6 Å². The van der Waals surface area contributed by atoms with E-state index in [2.05, 4.69) is 43.3 Å². The molecule has 35 heavy (non-hydrogen) atoms. The van der Waals surface area contributed by atoms with Gasteiger partial charge in [-0.3, -0.25) is 14.3 Å². The minimum atomic E-state index is -0.356. The Labute approximate surface area is 212 Å². The summed E-state index contributed by atoms with van der Waals surface area (Å²) in [7, 11) is 0. The molecule has 0 fully saturated rings. The maximum absolute atomic E-state index is 12.0. The van der Waals surface area contributed by atoms with Gasteiger partial charge < -0.3 is 10.6 Å². The number of carbonyl (C=O) groups excluding carboxylic acids is 2. The third kappa shape index (κ3) is 20.4. The van der Waals surface area contributed by atoms with E-state index in [1.165, 1.54) is 0 Å². The minimum absolute atomic E-state index is 0.0276. The van der Waals surface area contributed by atoms with Crippen LogP contribution in [0, 0.1) is 24.2 Å². The molecule has 10 heteroatoms. The molecule has 0 radical (unpaired) electrons. The molecule has 0 spiro atoms. The quantitative estimate of drug-likeness (QED) is 0.192. The fraction of sp³-hybridized carbons (Fsp3) is 0.760. The van der Waals surface area contributed by atoms with E-state index in [1.54, 1.807) is 24.0 Å². The number of Topliss-reactive ketones (excluding diaryl/α,β-unsaturated/α-hetero) is 2. The largest absolute Gasteiger partial charge is 0.305 e. The Morgan fingerprint density at radius 1 is 1.00 bits per heavy atom. The first-order valence-corrected chi connectivity index (χ1v) is 12.2. The highest BCUT2D eigenvalue weighted by Crippen LogP contribution is 2.04. The Kier molecular flexibility index (Phi) is 24.2. The second-order valence-electron chi connectivity index (χ2n) is 8.69. The molecule has 2 N–H and O–H groups in total. The Balaban J connectivity index is -0.000000497. The summed E-state index contributed by atoms with van der Waals surface area (Å²) < 4.78 is 1.68. The lowest BCUT2D eigenvalue weighted by molar-refractivity contribution is -0.125. The minimum Gasteiger partial charge on any atom is -0.305 e. The summed E-state index contributed by atoms with van der Waals surface area (Å²) in [4.78, 5) is 26.3. The summed E-state index contributed by atoms with van der Waals surface area (Å²) >= 11 is 0. The summed E-state index contributed by atoms with van der Waals surface area (Å²) in [5.74, 6) is 2.54. The summed E-state index contributed by atoms with van der Waals surface area (Å²) in [5.41, 5.74) is 8.19. The molecule has 0 aromatic carbocycles. The van der Waals surface area contributed by atoms with Gasteiger partial charge in [0.25, 0.3) is 0 Å². The Morgan fingerprint density at radius 2 is 1.43 bits per heavy atom. The van der Waals surface area contributed by atoms with Crippen LogP contribution in [0.25, 0.3) is 10.4 Å². The molecule has 0 bridgehead atoms. The van der Waals surface area contributed by atoms with Gasteiger partial charge in [0.2, 0.25) is 0 Å². The molecule has 0 aliphatic rings. The van der Waals surface area contributed by atoms with Crippen LogP contribution in [0.1, 0.15) is 76.2 Å². The Hall–Kier alpha value is -2.73. The number of nitrogens with one attached hydrogen (secondary N) is 2. The Morgan fingerprint density at radius 3 is 1.77 bits per heavy atom. The van der Waals surface area contributed by atoms with E-state index in [0.29, 0.717) is 6.54 Å². The van der Waals surface area contributed by atoms with Gasteiger partial charge in [-0.25, -0.2) is 0 Å². The van der Waals surface area contributed by atoms with Gasteiger partial charge in [0.1, 0.15) is 0 Å². The van der Waals surface area contributed by atoms with Crippen molar-refractivity contribution in [2.75, 3.05) is 6.54 Å². The van der Waals surface area contributed by atoms with E-state index >= 15 is 0 Å². The van der Waals surface area contributed by atoms with Crippen LogP contribution in [0.4, 0.5) is 0 Å². The van der Waals surface area contributed by atoms with Crippen molar-refractivity contribution in [1.82, 2.24) is 25.6 Å². The average Bonchev–Trinajstić information content (AvgIpc) is 3.30. The molecule has 1 aromatic heterocycles. The van der Waals surface area contributed by atoms with Crippen molar-refractivity contribution in [3.8, 4) is 12.3 Å². The van der Waals surface area contributed by atoms with Crippen LogP contribution in [0.5, 0.6) is 0 Å². The molecule has 2 atom stereocenters. The van der Waals surface area contributed by atoms with Crippen LogP contribution in [0.3, 0.4) is 0 Å². The van der Waals surface area contributed by atoms with E-state index in [0.717, 1.165) is 0 Å². The van der Waals surface area contributed by atoms with Crippen molar-refractivity contribution in [1.29, 1.82) is 0 Å². The summed E-state index contributed by atoms with van der Waals surface area (Å²) in [5, 5.41) is 17.4. The highest BCUT2D eigenvalue weighted by molar-refractivity contribution is 5.86. The number of rotatable bonds is 12. The number of ketones is 2. The fourth-order valence-electron chi connectivity index (χ4n) is 2.69. The number of hydrogen-bond acceptors (Lipinski definition) is 7. The molecule has 200 valence electrons. The Bertz CT molecular complexity index is 746. The van der Waals surface area contributed by atoms with Crippen molar-refractivity contribution < 1.29 is 9.59 Å². The third-order valence-electron chi connectivity index (χ3n) is 4.06. The van der Waals surface area contributed by atoms with Crippen molar-refractivity contribution in [3.05, 3.63) is 22.8 Å². The van der Waals surface area contributed by atoms with Crippen molar-refractivity contribution in [2.24, 2.45) is 17.0 Å². The second kappa shape index (κ2) is 23.0. The van der Waals surface area contributed by atoms with Gasteiger partial charge in [-0.15, -0.1) is 17.4 Å². The molecule has 2 unspecified atom stereocenters. The fourth-order valence-corrected chi connectivity index (χ4v) is 2.69. The molecule has 0 saturated carbocycles. The van der Waals surface area contributed by atoms with Gasteiger partial charge in [0.15, 0.2) is 11.6 Å². The van der Waals surface area contributed by atoms with Crippen LogP contribution < -0.4 is 10.6 Å². The maximum Gasteiger partial charge on any atom is 0.154 e. The van der Waals surface area contributed by atoms with Crippen LogP contribution in [0.15, 0.2) is 17.5 Å². The predicted molar refractivity (Wildman–Crippen MR) is 144 cm³/mol. The molecule has 1 aromatic rings. The van der Waals surface area contributed by atoms with Gasteiger partial charge in [-0.1, -0.05) is 79.6 Å². The first-order valence-electron chi connectivity index (χ1n) is 12.2. The van der Waals surface area contributed by atoms with Gasteiger partial charge in [-0.2, -0.15) is 0 Å². The average molecular weight is 493 g/mol. The SMILES string of the molecule is C#CC.CC.CC(C)NC(CN=[N+]=[N-])C(=O)C(C)C.CC(C)NC(Cn1ccnn1)C(=O)C(C)C. The first kappa shape index (κ1) is 36.8. The van der Waals surface area contributed by atoms with Crippen LogP contribution in [-0.4, -0.2) is 57.3 Å². The molecule has 1 heterocycles. The van der Waals surface area contributed by atoms with Crippen LogP contribution in [0.2, 0.25) is 0 Å². The predicted octanol–water partition coefficient (Wildman–Crippen LogP) is 4.42. The second-order valence-corrected chi connectivity index (χ2v) is 8.69. The lowest BCUT2D eigenvalue weighted by Crippen LogP contribution is -2.45.